The summed E-state index contributed by atoms with van der Waals surface area (Å²) in [6.07, 6.45) is 0.154. The zero-order valence-corrected chi connectivity index (χ0v) is 14.6. The van der Waals surface area contributed by atoms with Crippen molar-refractivity contribution in [3.05, 3.63) is 53.6 Å². The van der Waals surface area contributed by atoms with Gasteiger partial charge in [-0.1, -0.05) is 24.3 Å². The monoisotopic (exact) mass is 339 g/mol. The van der Waals surface area contributed by atoms with Crippen molar-refractivity contribution in [2.75, 3.05) is 18.6 Å². The standard InChI is InChI=1S/C20H21NO4/c1-13-7-6-8-16(14(13)2)21-12-15(11-19(21)22)20(23)25-18-10-5-4-9-17(18)24-3/h4-10,15H,11-12H2,1-3H3/t15-/m0/s1. The molecule has 0 spiro atoms. The second kappa shape index (κ2) is 6.97. The molecule has 0 N–H and O–H groups in total. The maximum atomic E-state index is 12.5. The summed E-state index contributed by atoms with van der Waals surface area (Å²) >= 11 is 0. The van der Waals surface area contributed by atoms with Crippen molar-refractivity contribution in [3.63, 3.8) is 0 Å². The summed E-state index contributed by atoms with van der Waals surface area (Å²) in [4.78, 5) is 26.6. The minimum absolute atomic E-state index is 0.0596. The molecule has 1 aliphatic rings. The first-order valence-electron chi connectivity index (χ1n) is 8.22. The number of amides is 1. The van der Waals surface area contributed by atoms with E-state index in [0.717, 1.165) is 16.8 Å². The van der Waals surface area contributed by atoms with E-state index in [0.29, 0.717) is 18.0 Å². The van der Waals surface area contributed by atoms with Gasteiger partial charge in [0.15, 0.2) is 11.5 Å². The third-order valence-electron chi connectivity index (χ3n) is 4.60. The Balaban J connectivity index is 1.76. The van der Waals surface area contributed by atoms with Gasteiger partial charge in [0, 0.05) is 18.7 Å². The van der Waals surface area contributed by atoms with Crippen LogP contribution in [0, 0.1) is 19.8 Å². The van der Waals surface area contributed by atoms with Crippen molar-refractivity contribution >= 4 is 17.6 Å². The molecule has 2 aromatic carbocycles. The highest BCUT2D eigenvalue weighted by Crippen LogP contribution is 2.31. The summed E-state index contributed by atoms with van der Waals surface area (Å²) in [7, 11) is 1.52. The van der Waals surface area contributed by atoms with E-state index in [2.05, 4.69) is 0 Å². The minimum atomic E-state index is -0.489. The minimum Gasteiger partial charge on any atom is -0.493 e. The molecule has 0 radical (unpaired) electrons. The Labute approximate surface area is 147 Å². The van der Waals surface area contributed by atoms with Crippen LogP contribution in [-0.4, -0.2) is 25.5 Å². The Bertz CT molecular complexity index is 815. The second-order valence-electron chi connectivity index (χ2n) is 6.20. The number of carbonyl (C=O) groups is 2. The maximum Gasteiger partial charge on any atom is 0.316 e. The molecule has 1 saturated heterocycles. The smallest absolute Gasteiger partial charge is 0.316 e. The summed E-state index contributed by atoms with van der Waals surface area (Å²) in [5.74, 6) is -0.0992. The predicted molar refractivity (Wildman–Crippen MR) is 95.0 cm³/mol. The van der Waals surface area contributed by atoms with Crippen molar-refractivity contribution in [3.8, 4) is 11.5 Å². The number of hydrogen-bond acceptors (Lipinski definition) is 4. The fourth-order valence-corrected chi connectivity index (χ4v) is 3.02. The van der Waals surface area contributed by atoms with E-state index in [1.807, 2.05) is 32.0 Å². The van der Waals surface area contributed by atoms with Crippen LogP contribution in [0.4, 0.5) is 5.69 Å². The normalized spacial score (nSPS) is 16.8. The first-order chi connectivity index (χ1) is 12.0. The molecule has 130 valence electrons. The lowest BCUT2D eigenvalue weighted by molar-refractivity contribution is -0.139. The fraction of sp³-hybridized carbons (Fsp3) is 0.300. The van der Waals surface area contributed by atoms with Gasteiger partial charge in [0.05, 0.1) is 13.0 Å². The molecule has 1 fully saturated rings. The van der Waals surface area contributed by atoms with Crippen molar-refractivity contribution in [2.24, 2.45) is 5.92 Å². The van der Waals surface area contributed by atoms with Crippen LogP contribution in [0.15, 0.2) is 42.5 Å². The van der Waals surface area contributed by atoms with E-state index in [4.69, 9.17) is 9.47 Å². The van der Waals surface area contributed by atoms with Gasteiger partial charge in [-0.3, -0.25) is 9.59 Å². The summed E-state index contributed by atoms with van der Waals surface area (Å²) in [6.45, 7) is 4.32. The number of hydrogen-bond donors (Lipinski definition) is 0. The number of aryl methyl sites for hydroxylation is 1. The highest BCUT2D eigenvalue weighted by atomic mass is 16.6. The van der Waals surface area contributed by atoms with Crippen molar-refractivity contribution in [1.29, 1.82) is 0 Å². The van der Waals surface area contributed by atoms with E-state index in [-0.39, 0.29) is 12.3 Å². The van der Waals surface area contributed by atoms with Crippen molar-refractivity contribution in [2.45, 2.75) is 20.3 Å². The average Bonchev–Trinajstić information content (AvgIpc) is 2.99. The number of nitrogens with zero attached hydrogens (tertiary/aromatic N) is 1. The SMILES string of the molecule is COc1ccccc1OC(=O)[C@H]1CC(=O)N(c2cccc(C)c2C)C1. The zero-order chi connectivity index (χ0) is 18.0. The molecule has 0 aliphatic carbocycles. The number of methoxy groups -OCH3 is 1. The van der Waals surface area contributed by atoms with Gasteiger partial charge in [-0.15, -0.1) is 0 Å². The zero-order valence-electron chi connectivity index (χ0n) is 14.6. The molecule has 25 heavy (non-hydrogen) atoms. The summed E-state index contributed by atoms with van der Waals surface area (Å²) in [6, 6.07) is 12.8. The lowest BCUT2D eigenvalue weighted by atomic mass is 10.1. The van der Waals surface area contributed by atoms with Crippen molar-refractivity contribution in [1.82, 2.24) is 0 Å². The van der Waals surface area contributed by atoms with Gasteiger partial charge in [0.25, 0.3) is 0 Å². The number of carbonyl (C=O) groups excluding carboxylic acids is 2. The van der Waals surface area contributed by atoms with Gasteiger partial charge in [-0.05, 0) is 43.2 Å². The number of anilines is 1. The molecule has 0 saturated carbocycles. The lowest BCUT2D eigenvalue weighted by Crippen LogP contribution is -2.28. The van der Waals surface area contributed by atoms with Gasteiger partial charge >= 0.3 is 5.97 Å². The Morgan fingerprint density at radius 1 is 1.08 bits per heavy atom. The van der Waals surface area contributed by atoms with E-state index in [1.165, 1.54) is 7.11 Å². The maximum absolute atomic E-state index is 12.5. The van der Waals surface area contributed by atoms with E-state index >= 15 is 0 Å². The van der Waals surface area contributed by atoms with E-state index in [1.54, 1.807) is 29.2 Å². The molecular weight excluding hydrogens is 318 g/mol. The second-order valence-corrected chi connectivity index (χ2v) is 6.20. The van der Waals surface area contributed by atoms with Crippen LogP contribution >= 0.6 is 0 Å². The predicted octanol–water partition coefficient (Wildman–Crippen LogP) is 3.27. The Hall–Kier alpha value is -2.82. The van der Waals surface area contributed by atoms with Crippen LogP contribution < -0.4 is 14.4 Å². The van der Waals surface area contributed by atoms with Crippen LogP contribution in [0.5, 0.6) is 11.5 Å². The Morgan fingerprint density at radius 3 is 2.52 bits per heavy atom. The van der Waals surface area contributed by atoms with Crippen LogP contribution in [-0.2, 0) is 9.59 Å². The van der Waals surface area contributed by atoms with Crippen LogP contribution in [0.2, 0.25) is 0 Å². The fourth-order valence-electron chi connectivity index (χ4n) is 3.02. The van der Waals surface area contributed by atoms with E-state index in [9.17, 15) is 9.59 Å². The quantitative estimate of drug-likeness (QED) is 0.634. The summed E-state index contributed by atoms with van der Waals surface area (Å²) in [5, 5.41) is 0. The van der Waals surface area contributed by atoms with Gasteiger partial charge < -0.3 is 14.4 Å². The third-order valence-corrected chi connectivity index (χ3v) is 4.60. The molecule has 5 nitrogen and oxygen atoms in total. The number of para-hydroxylation sites is 2. The van der Waals surface area contributed by atoms with Crippen LogP contribution in [0.1, 0.15) is 17.5 Å². The molecule has 0 aromatic heterocycles. The summed E-state index contributed by atoms with van der Waals surface area (Å²) in [5.41, 5.74) is 3.03. The van der Waals surface area contributed by atoms with Gasteiger partial charge in [-0.25, -0.2) is 0 Å². The molecule has 1 aliphatic heterocycles. The number of rotatable bonds is 4. The molecule has 0 unspecified atom stereocenters. The van der Waals surface area contributed by atoms with Gasteiger partial charge in [0.2, 0.25) is 5.91 Å². The van der Waals surface area contributed by atoms with E-state index < -0.39 is 11.9 Å². The molecule has 1 atom stereocenters. The van der Waals surface area contributed by atoms with Crippen LogP contribution in [0.3, 0.4) is 0 Å². The summed E-state index contributed by atoms with van der Waals surface area (Å²) < 4.78 is 10.7. The molecule has 2 aromatic rings. The first-order valence-corrected chi connectivity index (χ1v) is 8.22. The first kappa shape index (κ1) is 17.0. The Kier molecular flexibility index (Phi) is 4.74. The third kappa shape index (κ3) is 3.36. The average molecular weight is 339 g/mol. The van der Waals surface area contributed by atoms with Crippen LogP contribution in [0.25, 0.3) is 0 Å². The highest BCUT2D eigenvalue weighted by molar-refractivity contribution is 6.00. The molecule has 0 bridgehead atoms. The number of benzene rings is 2. The number of ether oxygens (including phenoxy) is 2. The molecule has 1 heterocycles. The molecule has 5 heteroatoms. The topological polar surface area (TPSA) is 55.8 Å². The largest absolute Gasteiger partial charge is 0.493 e. The Morgan fingerprint density at radius 2 is 1.80 bits per heavy atom. The number of esters is 1. The molecule has 3 rings (SSSR count). The highest BCUT2D eigenvalue weighted by Gasteiger charge is 2.37. The van der Waals surface area contributed by atoms with Gasteiger partial charge in [-0.2, -0.15) is 0 Å². The van der Waals surface area contributed by atoms with Gasteiger partial charge in [0.1, 0.15) is 0 Å². The molecule has 1 amide bonds. The molecular formula is C20H21NO4. The lowest BCUT2D eigenvalue weighted by Gasteiger charge is -2.20. The van der Waals surface area contributed by atoms with Crippen molar-refractivity contribution < 1.29 is 19.1 Å².